The van der Waals surface area contributed by atoms with Gasteiger partial charge in [-0.15, -0.1) is 0 Å². The Bertz CT molecular complexity index is 577. The standard InChI is InChI=1S/C13H18BrN5O/c1-3-19-12(4-6-15-19)10(2)17-13(20)5-7-18-9-11(14)8-16-18/h4,6,8-10H,3,5,7H2,1-2H3,(H,17,20). The predicted octanol–water partition coefficient (Wildman–Crippen LogP) is 2.13. The van der Waals surface area contributed by atoms with E-state index in [1.165, 1.54) is 0 Å². The molecule has 0 saturated carbocycles. The zero-order valence-corrected chi connectivity index (χ0v) is 13.2. The molecular formula is C13H18BrN5O. The summed E-state index contributed by atoms with van der Waals surface area (Å²) in [5.74, 6) is 0.00738. The van der Waals surface area contributed by atoms with Gasteiger partial charge in [-0.25, -0.2) is 0 Å². The smallest absolute Gasteiger partial charge is 0.222 e. The van der Waals surface area contributed by atoms with Gasteiger partial charge in [-0.05, 0) is 35.8 Å². The number of carbonyl (C=O) groups excluding carboxylic acids is 1. The van der Waals surface area contributed by atoms with E-state index in [-0.39, 0.29) is 11.9 Å². The second kappa shape index (κ2) is 6.69. The molecule has 2 heterocycles. The first kappa shape index (κ1) is 14.8. The summed E-state index contributed by atoms with van der Waals surface area (Å²) in [6.45, 7) is 5.35. The Labute approximate surface area is 126 Å². The highest BCUT2D eigenvalue weighted by molar-refractivity contribution is 9.10. The molecular weight excluding hydrogens is 322 g/mol. The monoisotopic (exact) mass is 339 g/mol. The molecule has 0 saturated heterocycles. The van der Waals surface area contributed by atoms with Crippen molar-refractivity contribution in [2.75, 3.05) is 0 Å². The van der Waals surface area contributed by atoms with Gasteiger partial charge in [0.05, 0.1) is 22.4 Å². The Kier molecular flexibility index (Phi) is 4.94. The number of aryl methyl sites for hydroxylation is 2. The Morgan fingerprint density at radius 1 is 1.50 bits per heavy atom. The van der Waals surface area contributed by atoms with Gasteiger partial charge in [-0.1, -0.05) is 0 Å². The van der Waals surface area contributed by atoms with E-state index in [0.29, 0.717) is 13.0 Å². The van der Waals surface area contributed by atoms with Gasteiger partial charge in [0.1, 0.15) is 0 Å². The van der Waals surface area contributed by atoms with Crippen LogP contribution in [0, 0.1) is 0 Å². The van der Waals surface area contributed by atoms with Gasteiger partial charge in [0.15, 0.2) is 0 Å². The van der Waals surface area contributed by atoms with Crippen molar-refractivity contribution in [3.8, 4) is 0 Å². The lowest BCUT2D eigenvalue weighted by Crippen LogP contribution is -2.29. The topological polar surface area (TPSA) is 64.7 Å². The van der Waals surface area contributed by atoms with E-state index < -0.39 is 0 Å². The molecule has 1 unspecified atom stereocenters. The summed E-state index contributed by atoms with van der Waals surface area (Å²) in [4.78, 5) is 11.9. The summed E-state index contributed by atoms with van der Waals surface area (Å²) < 4.78 is 4.54. The molecule has 0 spiro atoms. The van der Waals surface area contributed by atoms with Crippen molar-refractivity contribution in [3.63, 3.8) is 0 Å². The van der Waals surface area contributed by atoms with Crippen molar-refractivity contribution in [2.24, 2.45) is 0 Å². The minimum Gasteiger partial charge on any atom is -0.348 e. The summed E-state index contributed by atoms with van der Waals surface area (Å²) >= 11 is 3.33. The summed E-state index contributed by atoms with van der Waals surface area (Å²) in [6, 6.07) is 1.88. The molecule has 0 aromatic carbocycles. The predicted molar refractivity (Wildman–Crippen MR) is 79.0 cm³/mol. The molecule has 20 heavy (non-hydrogen) atoms. The van der Waals surface area contributed by atoms with Gasteiger partial charge in [0.2, 0.25) is 5.91 Å². The summed E-state index contributed by atoms with van der Waals surface area (Å²) in [7, 11) is 0. The van der Waals surface area contributed by atoms with E-state index in [2.05, 4.69) is 31.4 Å². The Hall–Kier alpha value is -1.63. The normalized spacial score (nSPS) is 12.3. The molecule has 108 valence electrons. The molecule has 1 amide bonds. The van der Waals surface area contributed by atoms with Crippen LogP contribution in [-0.4, -0.2) is 25.5 Å². The highest BCUT2D eigenvalue weighted by Gasteiger charge is 2.13. The average Bonchev–Trinajstić information content (AvgIpc) is 3.04. The first-order valence-electron chi connectivity index (χ1n) is 6.59. The van der Waals surface area contributed by atoms with E-state index in [9.17, 15) is 4.79 Å². The fourth-order valence-electron chi connectivity index (χ4n) is 2.04. The maximum atomic E-state index is 11.9. The van der Waals surface area contributed by atoms with Gasteiger partial charge in [-0.3, -0.25) is 14.2 Å². The number of carbonyl (C=O) groups is 1. The van der Waals surface area contributed by atoms with E-state index in [4.69, 9.17) is 0 Å². The molecule has 2 aromatic heterocycles. The third-order valence-corrected chi connectivity index (χ3v) is 3.45. The minimum atomic E-state index is -0.0469. The number of nitrogens with one attached hydrogen (secondary N) is 1. The van der Waals surface area contributed by atoms with E-state index in [1.807, 2.05) is 30.8 Å². The third-order valence-electron chi connectivity index (χ3n) is 3.04. The van der Waals surface area contributed by atoms with Crippen LogP contribution >= 0.6 is 15.9 Å². The molecule has 6 nitrogen and oxygen atoms in total. The van der Waals surface area contributed by atoms with Crippen LogP contribution in [0.2, 0.25) is 0 Å². The van der Waals surface area contributed by atoms with Gasteiger partial charge in [0.25, 0.3) is 0 Å². The summed E-state index contributed by atoms with van der Waals surface area (Å²) in [5.41, 5.74) is 1.02. The highest BCUT2D eigenvalue weighted by atomic mass is 79.9. The zero-order valence-electron chi connectivity index (χ0n) is 11.6. The summed E-state index contributed by atoms with van der Waals surface area (Å²) in [6.07, 6.45) is 5.71. The molecule has 2 rings (SSSR count). The van der Waals surface area contributed by atoms with Crippen LogP contribution in [-0.2, 0) is 17.9 Å². The van der Waals surface area contributed by atoms with Crippen molar-refractivity contribution >= 4 is 21.8 Å². The maximum absolute atomic E-state index is 11.9. The Morgan fingerprint density at radius 2 is 2.30 bits per heavy atom. The van der Waals surface area contributed by atoms with Crippen LogP contribution in [0.3, 0.4) is 0 Å². The lowest BCUT2D eigenvalue weighted by Gasteiger charge is -2.15. The van der Waals surface area contributed by atoms with Crippen LogP contribution in [0.25, 0.3) is 0 Å². The molecule has 0 aliphatic carbocycles. The van der Waals surface area contributed by atoms with E-state index in [1.54, 1.807) is 17.1 Å². The lowest BCUT2D eigenvalue weighted by atomic mass is 10.2. The van der Waals surface area contributed by atoms with Crippen molar-refractivity contribution in [2.45, 2.75) is 39.4 Å². The molecule has 7 heteroatoms. The van der Waals surface area contributed by atoms with Crippen LogP contribution < -0.4 is 5.32 Å². The molecule has 0 fully saturated rings. The molecule has 0 aliphatic heterocycles. The van der Waals surface area contributed by atoms with Crippen molar-refractivity contribution in [3.05, 3.63) is 34.8 Å². The Morgan fingerprint density at radius 3 is 2.95 bits per heavy atom. The fourth-order valence-corrected chi connectivity index (χ4v) is 2.37. The van der Waals surface area contributed by atoms with E-state index in [0.717, 1.165) is 16.7 Å². The fraction of sp³-hybridized carbons (Fsp3) is 0.462. The molecule has 1 atom stereocenters. The SMILES string of the molecule is CCn1nccc1C(C)NC(=O)CCn1cc(Br)cn1. The third kappa shape index (κ3) is 3.69. The number of hydrogen-bond acceptors (Lipinski definition) is 3. The first-order chi connectivity index (χ1) is 9.60. The van der Waals surface area contributed by atoms with Crippen molar-refractivity contribution < 1.29 is 4.79 Å². The number of aromatic nitrogens is 4. The number of halogens is 1. The van der Waals surface area contributed by atoms with Gasteiger partial charge >= 0.3 is 0 Å². The van der Waals surface area contributed by atoms with Crippen LogP contribution in [0.4, 0.5) is 0 Å². The maximum Gasteiger partial charge on any atom is 0.222 e. The number of hydrogen-bond donors (Lipinski definition) is 1. The minimum absolute atomic E-state index is 0.00738. The first-order valence-corrected chi connectivity index (χ1v) is 7.38. The molecule has 0 bridgehead atoms. The molecule has 0 radical (unpaired) electrons. The highest BCUT2D eigenvalue weighted by Crippen LogP contribution is 2.12. The molecule has 2 aromatic rings. The average molecular weight is 340 g/mol. The quantitative estimate of drug-likeness (QED) is 0.876. The molecule has 0 aliphatic rings. The van der Waals surface area contributed by atoms with Crippen LogP contribution in [0.1, 0.15) is 32.0 Å². The van der Waals surface area contributed by atoms with Gasteiger partial charge in [0, 0.05) is 31.9 Å². The molecule has 1 N–H and O–H groups in total. The van der Waals surface area contributed by atoms with Gasteiger partial charge < -0.3 is 5.32 Å². The largest absolute Gasteiger partial charge is 0.348 e. The number of nitrogens with zero attached hydrogens (tertiary/aromatic N) is 4. The van der Waals surface area contributed by atoms with Crippen LogP contribution in [0.5, 0.6) is 0 Å². The van der Waals surface area contributed by atoms with Crippen molar-refractivity contribution in [1.29, 1.82) is 0 Å². The van der Waals surface area contributed by atoms with Crippen LogP contribution in [0.15, 0.2) is 29.1 Å². The van der Waals surface area contributed by atoms with Crippen molar-refractivity contribution in [1.82, 2.24) is 24.9 Å². The summed E-state index contributed by atoms with van der Waals surface area (Å²) in [5, 5.41) is 11.3. The van der Waals surface area contributed by atoms with Gasteiger partial charge in [-0.2, -0.15) is 10.2 Å². The van der Waals surface area contributed by atoms with E-state index >= 15 is 0 Å². The number of rotatable bonds is 6. The number of amides is 1. The second-order valence-electron chi connectivity index (χ2n) is 4.53. The Balaban J connectivity index is 1.85. The second-order valence-corrected chi connectivity index (χ2v) is 5.45. The lowest BCUT2D eigenvalue weighted by molar-refractivity contribution is -0.122. The zero-order chi connectivity index (χ0) is 14.5.